The summed E-state index contributed by atoms with van der Waals surface area (Å²) in [5.74, 6) is -0.0833. The zero-order valence-corrected chi connectivity index (χ0v) is 20.6. The van der Waals surface area contributed by atoms with E-state index in [1.807, 2.05) is 29.7 Å². The fourth-order valence-electron chi connectivity index (χ4n) is 6.26. The maximum absolute atomic E-state index is 13.9. The normalized spacial score (nSPS) is 29.0. The highest BCUT2D eigenvalue weighted by Crippen LogP contribution is 2.38. The number of anilines is 1. The van der Waals surface area contributed by atoms with Crippen LogP contribution in [0.4, 0.5) is 11.4 Å². The molecule has 0 bridgehead atoms. The van der Waals surface area contributed by atoms with Crippen LogP contribution in [-0.4, -0.2) is 102 Å². The van der Waals surface area contributed by atoms with Gasteiger partial charge in [0.1, 0.15) is 0 Å². The van der Waals surface area contributed by atoms with E-state index in [-0.39, 0.29) is 46.6 Å². The van der Waals surface area contributed by atoms with E-state index in [1.54, 1.807) is 12.1 Å². The number of hydrogen-bond donors (Lipinski definition) is 0. The molecule has 35 heavy (non-hydrogen) atoms. The van der Waals surface area contributed by atoms with Gasteiger partial charge >= 0.3 is 0 Å². The van der Waals surface area contributed by atoms with E-state index in [2.05, 4.69) is 9.80 Å². The largest absolute Gasteiger partial charge is 0.372 e. The standard InChI is InChI=1S/C25H35N5O5/c1-17-13-28(14-18(2)35-17)25(32)21-12-19-11-20(30(33)34)5-6-22(19)29-10-9-26(15-23(21)29)16-24(31)27-7-3-4-8-27/h5-6,11,17-18,21,23H,3-4,7-10,12-16H2,1-2H3. The predicted molar refractivity (Wildman–Crippen MR) is 130 cm³/mol. The summed E-state index contributed by atoms with van der Waals surface area (Å²) in [5, 5.41) is 11.4. The fraction of sp³-hybridized carbons (Fsp3) is 0.680. The Bertz CT molecular complexity index is 986. The van der Waals surface area contributed by atoms with Gasteiger partial charge in [-0.2, -0.15) is 0 Å². The molecule has 4 aliphatic heterocycles. The van der Waals surface area contributed by atoms with Crippen LogP contribution in [0, 0.1) is 16.0 Å². The van der Waals surface area contributed by atoms with Gasteiger partial charge in [-0.15, -0.1) is 0 Å². The molecule has 190 valence electrons. The summed E-state index contributed by atoms with van der Waals surface area (Å²) in [4.78, 5) is 46.0. The molecule has 0 N–H and O–H groups in total. The van der Waals surface area contributed by atoms with Gasteiger partial charge < -0.3 is 19.4 Å². The molecule has 0 aromatic heterocycles. The fourth-order valence-corrected chi connectivity index (χ4v) is 6.26. The Morgan fingerprint density at radius 2 is 1.74 bits per heavy atom. The summed E-state index contributed by atoms with van der Waals surface area (Å²) in [6, 6.07) is 4.92. The minimum atomic E-state index is -0.379. The second-order valence-corrected chi connectivity index (χ2v) is 10.5. The van der Waals surface area contributed by atoms with E-state index in [0.717, 1.165) is 43.7 Å². The molecule has 1 aromatic rings. The van der Waals surface area contributed by atoms with Gasteiger partial charge in [-0.05, 0) is 44.7 Å². The molecule has 10 heteroatoms. The minimum Gasteiger partial charge on any atom is -0.372 e. The highest BCUT2D eigenvalue weighted by molar-refractivity contribution is 5.83. The molecule has 4 aliphatic rings. The molecule has 3 fully saturated rings. The topological polar surface area (TPSA) is 99.5 Å². The van der Waals surface area contributed by atoms with Crippen molar-refractivity contribution in [2.75, 3.05) is 57.3 Å². The van der Waals surface area contributed by atoms with Gasteiger partial charge in [0.2, 0.25) is 11.8 Å². The summed E-state index contributed by atoms with van der Waals surface area (Å²) in [5.41, 5.74) is 1.88. The zero-order valence-electron chi connectivity index (χ0n) is 20.6. The molecule has 3 saturated heterocycles. The van der Waals surface area contributed by atoms with Crippen molar-refractivity contribution in [1.29, 1.82) is 0 Å². The zero-order chi connectivity index (χ0) is 24.7. The number of carbonyl (C=O) groups is 2. The Balaban J connectivity index is 1.40. The third-order valence-electron chi connectivity index (χ3n) is 7.86. The van der Waals surface area contributed by atoms with Gasteiger partial charge in [0.05, 0.1) is 35.6 Å². The molecule has 4 unspecified atom stereocenters. The van der Waals surface area contributed by atoms with Gasteiger partial charge in [-0.1, -0.05) is 0 Å². The molecular weight excluding hydrogens is 450 g/mol. The van der Waals surface area contributed by atoms with Gasteiger partial charge in [0.15, 0.2) is 0 Å². The Morgan fingerprint density at radius 3 is 2.43 bits per heavy atom. The number of benzene rings is 1. The molecular formula is C25H35N5O5. The van der Waals surface area contributed by atoms with Crippen LogP contribution < -0.4 is 4.90 Å². The van der Waals surface area contributed by atoms with E-state index in [0.29, 0.717) is 39.1 Å². The number of nitro groups is 1. The van der Waals surface area contributed by atoms with E-state index in [9.17, 15) is 19.7 Å². The van der Waals surface area contributed by atoms with Crippen LogP contribution >= 0.6 is 0 Å². The number of non-ortho nitro benzene ring substituents is 1. The third kappa shape index (κ3) is 4.86. The van der Waals surface area contributed by atoms with Gasteiger partial charge in [0.25, 0.3) is 5.69 Å². The molecule has 1 aromatic carbocycles. The molecule has 0 saturated carbocycles. The minimum absolute atomic E-state index is 0.0308. The number of ether oxygens (including phenoxy) is 1. The lowest BCUT2D eigenvalue weighted by Crippen LogP contribution is -2.63. The van der Waals surface area contributed by atoms with Crippen LogP contribution in [-0.2, 0) is 20.7 Å². The quantitative estimate of drug-likeness (QED) is 0.471. The number of carbonyl (C=O) groups excluding carboxylic acids is 2. The first-order valence-corrected chi connectivity index (χ1v) is 12.8. The first kappa shape index (κ1) is 24.0. The highest BCUT2D eigenvalue weighted by atomic mass is 16.6. The van der Waals surface area contributed by atoms with E-state index < -0.39 is 0 Å². The number of fused-ring (bicyclic) bond motifs is 3. The maximum Gasteiger partial charge on any atom is 0.269 e. The average Bonchev–Trinajstić information content (AvgIpc) is 3.37. The molecule has 0 radical (unpaired) electrons. The lowest BCUT2D eigenvalue weighted by molar-refractivity contribution is -0.384. The number of piperazine rings is 1. The smallest absolute Gasteiger partial charge is 0.269 e. The summed E-state index contributed by atoms with van der Waals surface area (Å²) < 4.78 is 5.84. The van der Waals surface area contributed by atoms with Crippen molar-refractivity contribution in [2.24, 2.45) is 5.92 Å². The summed E-state index contributed by atoms with van der Waals surface area (Å²) >= 11 is 0. The van der Waals surface area contributed by atoms with Gasteiger partial charge in [-0.25, -0.2) is 0 Å². The number of morpholine rings is 1. The molecule has 4 heterocycles. The second-order valence-electron chi connectivity index (χ2n) is 10.5. The SMILES string of the molecule is CC1CN(C(=O)C2Cc3cc([N+](=O)[O-])ccc3N3CCN(CC(=O)N4CCCC4)CC23)CC(C)O1. The molecule has 2 amide bonds. The first-order chi connectivity index (χ1) is 16.8. The number of rotatable bonds is 4. The van der Waals surface area contributed by atoms with Crippen molar-refractivity contribution in [3.05, 3.63) is 33.9 Å². The lowest BCUT2D eigenvalue weighted by Gasteiger charge is -2.50. The first-order valence-electron chi connectivity index (χ1n) is 12.8. The summed E-state index contributed by atoms with van der Waals surface area (Å²) in [7, 11) is 0. The molecule has 0 aliphatic carbocycles. The van der Waals surface area contributed by atoms with E-state index >= 15 is 0 Å². The van der Waals surface area contributed by atoms with E-state index in [1.165, 1.54) is 0 Å². The average molecular weight is 486 g/mol. The Morgan fingerprint density at radius 1 is 1.03 bits per heavy atom. The number of likely N-dealkylation sites (tertiary alicyclic amines) is 1. The Kier molecular flexibility index (Phi) is 6.67. The van der Waals surface area contributed by atoms with Crippen LogP contribution in [0.3, 0.4) is 0 Å². The van der Waals surface area contributed by atoms with Crippen LogP contribution in [0.5, 0.6) is 0 Å². The molecule has 0 spiro atoms. The number of amides is 2. The third-order valence-corrected chi connectivity index (χ3v) is 7.86. The Labute approximate surface area is 205 Å². The van der Waals surface area contributed by atoms with Crippen molar-refractivity contribution < 1.29 is 19.2 Å². The predicted octanol–water partition coefficient (Wildman–Crippen LogP) is 1.52. The Hall–Kier alpha value is -2.72. The highest BCUT2D eigenvalue weighted by Gasteiger charge is 2.44. The van der Waals surface area contributed by atoms with E-state index in [4.69, 9.17) is 4.74 Å². The monoisotopic (exact) mass is 485 g/mol. The molecule has 10 nitrogen and oxygen atoms in total. The van der Waals surface area contributed by atoms with Crippen LogP contribution in [0.25, 0.3) is 0 Å². The van der Waals surface area contributed by atoms with Crippen LogP contribution in [0.2, 0.25) is 0 Å². The lowest BCUT2D eigenvalue weighted by atomic mass is 9.82. The number of hydrogen-bond acceptors (Lipinski definition) is 7. The summed E-state index contributed by atoms with van der Waals surface area (Å²) in [6.45, 7) is 9.14. The molecule has 4 atom stereocenters. The van der Waals surface area contributed by atoms with Gasteiger partial charge in [0, 0.05) is 63.6 Å². The van der Waals surface area contributed by atoms with Crippen molar-refractivity contribution in [2.45, 2.75) is 51.4 Å². The number of nitro benzene ring substituents is 1. The van der Waals surface area contributed by atoms with Crippen molar-refractivity contribution in [1.82, 2.24) is 14.7 Å². The van der Waals surface area contributed by atoms with Crippen molar-refractivity contribution in [3.63, 3.8) is 0 Å². The summed E-state index contributed by atoms with van der Waals surface area (Å²) in [6.07, 6.45) is 2.54. The van der Waals surface area contributed by atoms with Crippen molar-refractivity contribution in [3.8, 4) is 0 Å². The second kappa shape index (κ2) is 9.73. The molecule has 5 rings (SSSR count). The number of nitrogens with zero attached hydrogens (tertiary/aromatic N) is 5. The maximum atomic E-state index is 13.9. The van der Waals surface area contributed by atoms with Crippen molar-refractivity contribution >= 4 is 23.2 Å². The van der Waals surface area contributed by atoms with Gasteiger partial charge in [-0.3, -0.25) is 24.6 Å². The van der Waals surface area contributed by atoms with Crippen LogP contribution in [0.15, 0.2) is 18.2 Å². The van der Waals surface area contributed by atoms with Crippen LogP contribution in [0.1, 0.15) is 32.3 Å².